The minimum Gasteiger partial charge on any atom is -0.497 e. The first-order chi connectivity index (χ1) is 13.7. The Morgan fingerprint density at radius 1 is 1.04 bits per heavy atom. The SMILES string of the molecule is COc1ccc(-n2c(OC(=O)C3(OC)C=CC=CC3)cc3ccccc32)cc1. The van der Waals surface area contributed by atoms with Gasteiger partial charge in [0.05, 0.1) is 12.6 Å². The summed E-state index contributed by atoms with van der Waals surface area (Å²) in [5, 5.41) is 0.978. The second-order valence-electron chi connectivity index (χ2n) is 6.55. The largest absolute Gasteiger partial charge is 0.497 e. The highest BCUT2D eigenvalue weighted by molar-refractivity contribution is 5.88. The molecular formula is C23H21NO4. The van der Waals surface area contributed by atoms with Gasteiger partial charge in [-0.3, -0.25) is 4.57 Å². The minimum atomic E-state index is -1.12. The lowest BCUT2D eigenvalue weighted by atomic mass is 9.95. The molecule has 0 fully saturated rings. The number of esters is 1. The third-order valence-electron chi connectivity index (χ3n) is 4.95. The van der Waals surface area contributed by atoms with Gasteiger partial charge in [0.2, 0.25) is 5.88 Å². The zero-order valence-electron chi connectivity index (χ0n) is 15.8. The summed E-state index contributed by atoms with van der Waals surface area (Å²) in [5.41, 5.74) is 0.701. The lowest BCUT2D eigenvalue weighted by Crippen LogP contribution is -2.42. The molecule has 4 rings (SSSR count). The van der Waals surface area contributed by atoms with Gasteiger partial charge >= 0.3 is 5.97 Å². The quantitative estimate of drug-likeness (QED) is 0.619. The number of carbonyl (C=O) groups excluding carboxylic acids is 1. The molecule has 0 aliphatic heterocycles. The molecule has 28 heavy (non-hydrogen) atoms. The normalized spacial score (nSPS) is 18.4. The molecule has 0 bridgehead atoms. The van der Waals surface area contributed by atoms with Crippen LogP contribution in [0.1, 0.15) is 6.42 Å². The molecule has 0 saturated carbocycles. The van der Waals surface area contributed by atoms with E-state index in [0.717, 1.165) is 22.3 Å². The fourth-order valence-corrected chi connectivity index (χ4v) is 3.37. The average Bonchev–Trinajstić information content (AvgIpc) is 3.12. The first-order valence-electron chi connectivity index (χ1n) is 9.03. The van der Waals surface area contributed by atoms with E-state index in [0.29, 0.717) is 12.3 Å². The van der Waals surface area contributed by atoms with Gasteiger partial charge < -0.3 is 14.2 Å². The van der Waals surface area contributed by atoms with Crippen molar-refractivity contribution in [1.29, 1.82) is 0 Å². The maximum absolute atomic E-state index is 13.0. The van der Waals surface area contributed by atoms with E-state index < -0.39 is 11.6 Å². The van der Waals surface area contributed by atoms with Crippen LogP contribution >= 0.6 is 0 Å². The van der Waals surface area contributed by atoms with Gasteiger partial charge in [-0.1, -0.05) is 36.4 Å². The molecule has 0 N–H and O–H groups in total. The van der Waals surface area contributed by atoms with Crippen molar-refractivity contribution in [3.05, 3.63) is 78.9 Å². The van der Waals surface area contributed by atoms with Gasteiger partial charge in [0.1, 0.15) is 5.75 Å². The van der Waals surface area contributed by atoms with E-state index in [9.17, 15) is 4.79 Å². The van der Waals surface area contributed by atoms with Crippen molar-refractivity contribution in [1.82, 2.24) is 4.57 Å². The molecule has 0 saturated heterocycles. The molecule has 2 aromatic carbocycles. The molecule has 0 amide bonds. The molecule has 0 spiro atoms. The highest BCUT2D eigenvalue weighted by Gasteiger charge is 2.38. The Bertz CT molecular complexity index is 1060. The summed E-state index contributed by atoms with van der Waals surface area (Å²) in [5.74, 6) is 0.750. The Morgan fingerprint density at radius 3 is 2.50 bits per heavy atom. The van der Waals surface area contributed by atoms with Crippen LogP contribution in [0.5, 0.6) is 11.6 Å². The highest BCUT2D eigenvalue weighted by Crippen LogP contribution is 2.32. The fraction of sp³-hybridized carbons (Fsp3) is 0.174. The second kappa shape index (κ2) is 7.37. The number of aromatic nitrogens is 1. The molecule has 142 valence electrons. The summed E-state index contributed by atoms with van der Waals surface area (Å²) < 4.78 is 18.5. The van der Waals surface area contributed by atoms with Crippen LogP contribution in [-0.4, -0.2) is 30.4 Å². The van der Waals surface area contributed by atoms with Gasteiger partial charge in [0.25, 0.3) is 0 Å². The molecule has 1 aliphatic rings. The number of methoxy groups -OCH3 is 2. The van der Waals surface area contributed by atoms with E-state index in [-0.39, 0.29) is 0 Å². The molecule has 5 nitrogen and oxygen atoms in total. The van der Waals surface area contributed by atoms with Crippen molar-refractivity contribution in [2.24, 2.45) is 0 Å². The van der Waals surface area contributed by atoms with Crippen molar-refractivity contribution < 1.29 is 19.0 Å². The number of para-hydroxylation sites is 1. The van der Waals surface area contributed by atoms with Crippen LogP contribution in [0.2, 0.25) is 0 Å². The first kappa shape index (κ1) is 18.1. The number of carbonyl (C=O) groups is 1. The third-order valence-corrected chi connectivity index (χ3v) is 4.95. The number of hydrogen-bond acceptors (Lipinski definition) is 4. The predicted octanol–water partition coefficient (Wildman–Crippen LogP) is 4.45. The predicted molar refractivity (Wildman–Crippen MR) is 108 cm³/mol. The smallest absolute Gasteiger partial charge is 0.349 e. The van der Waals surface area contributed by atoms with Crippen molar-refractivity contribution in [3.63, 3.8) is 0 Å². The number of fused-ring (bicyclic) bond motifs is 1. The molecular weight excluding hydrogens is 354 g/mol. The standard InChI is InChI=1S/C23H21NO4/c1-26-19-12-10-18(11-13-19)24-20-9-5-4-8-17(20)16-21(24)28-22(25)23(27-2)14-6-3-7-15-23/h3-14,16H,15H2,1-2H3. The lowest BCUT2D eigenvalue weighted by molar-refractivity contribution is -0.153. The maximum atomic E-state index is 13.0. The number of benzene rings is 2. The minimum absolute atomic E-state index is 0.432. The average molecular weight is 375 g/mol. The van der Waals surface area contributed by atoms with Gasteiger partial charge in [-0.2, -0.15) is 0 Å². The monoisotopic (exact) mass is 375 g/mol. The lowest BCUT2D eigenvalue weighted by Gasteiger charge is -2.27. The summed E-state index contributed by atoms with van der Waals surface area (Å²) >= 11 is 0. The van der Waals surface area contributed by atoms with E-state index in [2.05, 4.69) is 0 Å². The Morgan fingerprint density at radius 2 is 1.82 bits per heavy atom. The van der Waals surface area contributed by atoms with Crippen LogP contribution in [0.25, 0.3) is 16.6 Å². The maximum Gasteiger partial charge on any atom is 0.349 e. The molecule has 1 aliphatic carbocycles. The van der Waals surface area contributed by atoms with Crippen molar-refractivity contribution in [2.45, 2.75) is 12.0 Å². The molecule has 5 heteroatoms. The van der Waals surface area contributed by atoms with Crippen molar-refractivity contribution in [3.8, 4) is 17.3 Å². The van der Waals surface area contributed by atoms with E-state index in [1.165, 1.54) is 7.11 Å². The molecule has 1 atom stereocenters. The van der Waals surface area contributed by atoms with E-state index in [4.69, 9.17) is 14.2 Å². The van der Waals surface area contributed by atoms with E-state index in [1.807, 2.05) is 71.3 Å². The summed E-state index contributed by atoms with van der Waals surface area (Å²) in [4.78, 5) is 13.0. The van der Waals surface area contributed by atoms with E-state index >= 15 is 0 Å². The van der Waals surface area contributed by atoms with Crippen LogP contribution in [0, 0.1) is 0 Å². The number of hydrogen-bond donors (Lipinski definition) is 0. The number of allylic oxidation sites excluding steroid dienone is 2. The van der Waals surface area contributed by atoms with Gasteiger partial charge in [0.15, 0.2) is 5.60 Å². The van der Waals surface area contributed by atoms with Crippen LogP contribution < -0.4 is 9.47 Å². The topological polar surface area (TPSA) is 49.7 Å². The molecule has 0 radical (unpaired) electrons. The molecule has 1 heterocycles. The van der Waals surface area contributed by atoms with Crippen LogP contribution in [-0.2, 0) is 9.53 Å². The Kier molecular flexibility index (Phi) is 4.75. The van der Waals surface area contributed by atoms with Gasteiger partial charge in [-0.15, -0.1) is 0 Å². The van der Waals surface area contributed by atoms with Crippen molar-refractivity contribution >= 4 is 16.9 Å². The highest BCUT2D eigenvalue weighted by atomic mass is 16.6. The fourth-order valence-electron chi connectivity index (χ4n) is 3.37. The van der Waals surface area contributed by atoms with Crippen LogP contribution in [0.3, 0.4) is 0 Å². The van der Waals surface area contributed by atoms with Gasteiger partial charge in [-0.25, -0.2) is 4.79 Å². The Balaban J connectivity index is 1.77. The van der Waals surface area contributed by atoms with Gasteiger partial charge in [0, 0.05) is 30.7 Å². The second-order valence-corrected chi connectivity index (χ2v) is 6.55. The van der Waals surface area contributed by atoms with Gasteiger partial charge in [-0.05, 0) is 36.4 Å². The molecule has 3 aromatic rings. The summed E-state index contributed by atoms with van der Waals surface area (Å²) in [6.07, 6.45) is 7.74. The summed E-state index contributed by atoms with van der Waals surface area (Å²) in [7, 11) is 3.15. The zero-order valence-corrected chi connectivity index (χ0v) is 15.8. The zero-order chi connectivity index (χ0) is 19.6. The number of nitrogens with zero attached hydrogens (tertiary/aromatic N) is 1. The number of rotatable bonds is 5. The van der Waals surface area contributed by atoms with Crippen LogP contribution in [0.4, 0.5) is 0 Å². The Hall–Kier alpha value is -3.31. The molecule has 1 unspecified atom stereocenters. The van der Waals surface area contributed by atoms with E-state index in [1.54, 1.807) is 19.3 Å². The first-order valence-corrected chi connectivity index (χ1v) is 9.03. The van der Waals surface area contributed by atoms with Crippen LogP contribution in [0.15, 0.2) is 78.9 Å². The number of ether oxygens (including phenoxy) is 3. The van der Waals surface area contributed by atoms with Crippen molar-refractivity contribution in [2.75, 3.05) is 14.2 Å². The summed E-state index contributed by atoms with van der Waals surface area (Å²) in [6.45, 7) is 0. The molecule has 1 aromatic heterocycles. The Labute approximate surface area is 163 Å². The third kappa shape index (κ3) is 3.10. The summed E-state index contributed by atoms with van der Waals surface area (Å²) in [6, 6.07) is 17.4.